The van der Waals surface area contributed by atoms with Crippen molar-refractivity contribution >= 4 is 28.9 Å². The third-order valence-electron chi connectivity index (χ3n) is 4.62. The summed E-state index contributed by atoms with van der Waals surface area (Å²) in [6.07, 6.45) is 3.30. The second kappa shape index (κ2) is 7.37. The lowest BCUT2D eigenvalue weighted by Crippen LogP contribution is -2.14. The molecule has 1 aliphatic rings. The molecule has 1 aliphatic carbocycles. The highest BCUT2D eigenvalue weighted by molar-refractivity contribution is 8.00. The smallest absolute Gasteiger partial charge is 0.192 e. The lowest BCUT2D eigenvalue weighted by atomic mass is 10.1. The normalized spacial score (nSPS) is 15.2. The Kier molecular flexibility index (Phi) is 4.96. The van der Waals surface area contributed by atoms with Gasteiger partial charge in [0.05, 0.1) is 10.1 Å². The van der Waals surface area contributed by atoms with Crippen LogP contribution in [-0.4, -0.2) is 25.8 Å². The molecule has 3 aromatic rings. The molecule has 1 aromatic carbocycles. The first kappa shape index (κ1) is 17.5. The first-order valence-corrected chi connectivity index (χ1v) is 10.7. The maximum Gasteiger partial charge on any atom is 0.192 e. The minimum Gasteiger partial charge on any atom is -0.298 e. The van der Waals surface area contributed by atoms with Crippen LogP contribution in [0.25, 0.3) is 10.7 Å². The maximum absolute atomic E-state index is 12.8. The molecule has 0 saturated heterocycles. The Morgan fingerprint density at radius 2 is 2.04 bits per heavy atom. The number of Topliss-reactive ketones (excluding diaryl/α,β-unsaturated/α-hetero) is 1. The molecule has 1 fully saturated rings. The van der Waals surface area contributed by atoms with Gasteiger partial charge in [0, 0.05) is 11.6 Å². The van der Waals surface area contributed by atoms with E-state index in [1.807, 2.05) is 37.3 Å². The van der Waals surface area contributed by atoms with E-state index >= 15 is 0 Å². The van der Waals surface area contributed by atoms with Crippen LogP contribution >= 0.6 is 23.1 Å². The molecule has 0 bridgehead atoms. The van der Waals surface area contributed by atoms with Gasteiger partial charge in [-0.25, -0.2) is 0 Å². The molecule has 2 aromatic heterocycles. The number of thioether (sulfide) groups is 1. The van der Waals surface area contributed by atoms with Crippen molar-refractivity contribution in [3.05, 3.63) is 52.9 Å². The Bertz CT molecular complexity index is 896. The van der Waals surface area contributed by atoms with Crippen LogP contribution in [0.3, 0.4) is 0 Å². The van der Waals surface area contributed by atoms with E-state index in [2.05, 4.69) is 33.1 Å². The molecular weight excluding hydrogens is 362 g/mol. The van der Waals surface area contributed by atoms with Crippen LogP contribution in [0.5, 0.6) is 0 Å². The Balaban J connectivity index is 1.55. The van der Waals surface area contributed by atoms with Gasteiger partial charge in [-0.3, -0.25) is 9.36 Å². The summed E-state index contributed by atoms with van der Waals surface area (Å²) >= 11 is 3.19. The SMILES string of the molecule is CCc1ccc(C(=O)C(C)Sc2nnc(-c3cccs3)n2C2CC2)cc1. The molecule has 1 unspecified atom stereocenters. The van der Waals surface area contributed by atoms with Gasteiger partial charge in [0.15, 0.2) is 16.8 Å². The number of rotatable bonds is 7. The van der Waals surface area contributed by atoms with Crippen LogP contribution in [-0.2, 0) is 6.42 Å². The number of aryl methyl sites for hydroxylation is 1. The minimum atomic E-state index is -0.194. The standard InChI is InChI=1S/C20H21N3OS2/c1-3-14-6-8-15(9-7-14)18(24)13(2)26-20-22-21-19(17-5-4-12-25-17)23(20)16-10-11-16/h4-9,12-13,16H,3,10-11H2,1-2H3. The Morgan fingerprint density at radius 3 is 2.65 bits per heavy atom. The number of aromatic nitrogens is 3. The number of benzene rings is 1. The van der Waals surface area contributed by atoms with Crippen LogP contribution in [0.2, 0.25) is 0 Å². The van der Waals surface area contributed by atoms with Gasteiger partial charge in [-0.2, -0.15) is 0 Å². The quantitative estimate of drug-likeness (QED) is 0.412. The summed E-state index contributed by atoms with van der Waals surface area (Å²) in [5, 5.41) is 11.5. The topological polar surface area (TPSA) is 47.8 Å². The zero-order valence-corrected chi connectivity index (χ0v) is 16.5. The molecule has 4 nitrogen and oxygen atoms in total. The fourth-order valence-electron chi connectivity index (χ4n) is 2.94. The first-order chi connectivity index (χ1) is 12.7. The van der Waals surface area contributed by atoms with E-state index in [0.717, 1.165) is 40.7 Å². The molecule has 0 aliphatic heterocycles. The first-order valence-electron chi connectivity index (χ1n) is 8.96. The third kappa shape index (κ3) is 3.48. The van der Waals surface area contributed by atoms with Crippen molar-refractivity contribution in [2.24, 2.45) is 0 Å². The zero-order chi connectivity index (χ0) is 18.1. The summed E-state index contributed by atoms with van der Waals surface area (Å²) in [7, 11) is 0. The summed E-state index contributed by atoms with van der Waals surface area (Å²) < 4.78 is 2.22. The highest BCUT2D eigenvalue weighted by Crippen LogP contribution is 2.42. The number of carbonyl (C=O) groups is 1. The number of carbonyl (C=O) groups excluding carboxylic acids is 1. The van der Waals surface area contributed by atoms with Crippen molar-refractivity contribution in [1.29, 1.82) is 0 Å². The molecule has 2 heterocycles. The van der Waals surface area contributed by atoms with E-state index in [9.17, 15) is 4.79 Å². The van der Waals surface area contributed by atoms with E-state index in [0.29, 0.717) is 6.04 Å². The van der Waals surface area contributed by atoms with Gasteiger partial charge in [0.2, 0.25) is 0 Å². The zero-order valence-electron chi connectivity index (χ0n) is 14.9. The maximum atomic E-state index is 12.8. The summed E-state index contributed by atoms with van der Waals surface area (Å²) in [4.78, 5) is 13.9. The van der Waals surface area contributed by atoms with Crippen molar-refractivity contribution in [3.8, 4) is 10.7 Å². The molecule has 6 heteroatoms. The van der Waals surface area contributed by atoms with Crippen LogP contribution in [0.15, 0.2) is 46.9 Å². The lowest BCUT2D eigenvalue weighted by Gasteiger charge is -2.12. The van der Waals surface area contributed by atoms with Crippen molar-refractivity contribution in [2.75, 3.05) is 0 Å². The van der Waals surface area contributed by atoms with Gasteiger partial charge >= 0.3 is 0 Å². The molecular formula is C20H21N3OS2. The fourth-order valence-corrected chi connectivity index (χ4v) is 4.65. The van der Waals surface area contributed by atoms with E-state index in [4.69, 9.17) is 0 Å². The lowest BCUT2D eigenvalue weighted by molar-refractivity contribution is 0.0994. The van der Waals surface area contributed by atoms with Gasteiger partial charge in [0.25, 0.3) is 0 Å². The molecule has 0 radical (unpaired) electrons. The monoisotopic (exact) mass is 383 g/mol. The molecule has 134 valence electrons. The molecule has 4 rings (SSSR count). The Morgan fingerprint density at radius 1 is 1.27 bits per heavy atom. The van der Waals surface area contributed by atoms with E-state index in [1.54, 1.807) is 11.3 Å². The second-order valence-corrected chi connectivity index (χ2v) is 8.82. The fraction of sp³-hybridized carbons (Fsp3) is 0.350. The molecule has 1 atom stereocenters. The average Bonchev–Trinajstić information content (AvgIpc) is 3.19. The van der Waals surface area contributed by atoms with Crippen LogP contribution < -0.4 is 0 Å². The van der Waals surface area contributed by atoms with E-state index < -0.39 is 0 Å². The van der Waals surface area contributed by atoms with Crippen LogP contribution in [0.1, 0.15) is 48.7 Å². The van der Waals surface area contributed by atoms with Crippen molar-refractivity contribution in [2.45, 2.75) is 49.6 Å². The number of nitrogens with zero attached hydrogens (tertiary/aromatic N) is 3. The van der Waals surface area contributed by atoms with Crippen molar-refractivity contribution in [3.63, 3.8) is 0 Å². The largest absolute Gasteiger partial charge is 0.298 e. The third-order valence-corrected chi connectivity index (χ3v) is 6.54. The van der Waals surface area contributed by atoms with Crippen LogP contribution in [0.4, 0.5) is 0 Å². The number of thiophene rings is 1. The van der Waals surface area contributed by atoms with E-state index in [1.165, 1.54) is 17.3 Å². The number of hydrogen-bond donors (Lipinski definition) is 0. The highest BCUT2D eigenvalue weighted by Gasteiger charge is 2.31. The predicted octanol–water partition coefficient (Wildman–Crippen LogP) is 5.27. The summed E-state index contributed by atoms with van der Waals surface area (Å²) in [6, 6.07) is 12.5. The summed E-state index contributed by atoms with van der Waals surface area (Å²) in [6.45, 7) is 4.07. The molecule has 1 saturated carbocycles. The van der Waals surface area contributed by atoms with Crippen molar-refractivity contribution < 1.29 is 4.79 Å². The molecule has 0 amide bonds. The average molecular weight is 384 g/mol. The molecule has 0 spiro atoms. The van der Waals surface area contributed by atoms with Gasteiger partial charge in [-0.1, -0.05) is 49.0 Å². The predicted molar refractivity (Wildman–Crippen MR) is 107 cm³/mol. The highest BCUT2D eigenvalue weighted by atomic mass is 32.2. The number of hydrogen-bond acceptors (Lipinski definition) is 5. The molecule has 26 heavy (non-hydrogen) atoms. The molecule has 0 N–H and O–H groups in total. The summed E-state index contributed by atoms with van der Waals surface area (Å²) in [5.74, 6) is 1.07. The second-order valence-electron chi connectivity index (χ2n) is 6.56. The van der Waals surface area contributed by atoms with Gasteiger partial charge in [-0.15, -0.1) is 21.5 Å². The van der Waals surface area contributed by atoms with Gasteiger partial charge in [0.1, 0.15) is 0 Å². The van der Waals surface area contributed by atoms with Crippen LogP contribution in [0, 0.1) is 0 Å². The summed E-state index contributed by atoms with van der Waals surface area (Å²) in [5.41, 5.74) is 2.01. The minimum absolute atomic E-state index is 0.140. The van der Waals surface area contributed by atoms with Gasteiger partial charge < -0.3 is 0 Å². The van der Waals surface area contributed by atoms with Gasteiger partial charge in [-0.05, 0) is 43.2 Å². The number of ketones is 1. The Hall–Kier alpha value is -1.92. The Labute approximate surface area is 161 Å². The van der Waals surface area contributed by atoms with Crippen molar-refractivity contribution in [1.82, 2.24) is 14.8 Å². The van der Waals surface area contributed by atoms with E-state index in [-0.39, 0.29) is 11.0 Å².